The first-order chi connectivity index (χ1) is 17.6. The fourth-order valence-corrected chi connectivity index (χ4v) is 5.42. The number of hydrogen-bond donors (Lipinski definition) is 1. The van der Waals surface area contributed by atoms with E-state index in [1.165, 1.54) is 17.3 Å². The minimum absolute atomic E-state index is 0.122. The van der Waals surface area contributed by atoms with E-state index < -0.39 is 0 Å². The average molecular weight is 521 g/mol. The molecule has 2 heterocycles. The van der Waals surface area contributed by atoms with Crippen molar-refractivity contribution in [1.82, 2.24) is 14.5 Å². The van der Waals surface area contributed by atoms with E-state index in [-0.39, 0.29) is 11.7 Å². The van der Waals surface area contributed by atoms with Crippen LogP contribution in [0.4, 0.5) is 5.69 Å². The maximum Gasteiger partial charge on any atom is 0.234 e. The Balaban J connectivity index is 1.30. The van der Waals surface area contributed by atoms with Crippen molar-refractivity contribution in [3.05, 3.63) is 82.9 Å². The number of hydrogen-bond acceptors (Lipinski definition) is 5. The Morgan fingerprint density at radius 2 is 1.86 bits per heavy atom. The van der Waals surface area contributed by atoms with Gasteiger partial charge in [-0.25, -0.2) is 4.98 Å². The molecule has 3 aromatic carbocycles. The summed E-state index contributed by atoms with van der Waals surface area (Å²) < 4.78 is 7.57. The third-order valence-corrected chi connectivity index (χ3v) is 7.53. The molecule has 36 heavy (non-hydrogen) atoms. The van der Waals surface area contributed by atoms with Crippen molar-refractivity contribution >= 4 is 46.0 Å². The molecular formula is C28H29ClN4O2S. The Bertz CT molecular complexity index is 1350. The molecule has 0 bridgehead atoms. The molecule has 0 saturated carbocycles. The minimum Gasteiger partial charge on any atom is -0.379 e. The molecule has 186 valence electrons. The van der Waals surface area contributed by atoms with Crippen LogP contribution in [0.15, 0.2) is 71.9 Å². The van der Waals surface area contributed by atoms with Gasteiger partial charge in [0.05, 0.1) is 40.7 Å². The van der Waals surface area contributed by atoms with Crippen LogP contribution in [-0.2, 0) is 16.0 Å². The van der Waals surface area contributed by atoms with Gasteiger partial charge in [-0.05, 0) is 60.9 Å². The molecule has 6 nitrogen and oxygen atoms in total. The highest BCUT2D eigenvalue weighted by molar-refractivity contribution is 7.99. The van der Waals surface area contributed by atoms with Crippen LogP contribution in [0.25, 0.3) is 16.7 Å². The number of amides is 1. The third-order valence-electron chi connectivity index (χ3n) is 6.28. The predicted molar refractivity (Wildman–Crippen MR) is 148 cm³/mol. The molecule has 8 heteroatoms. The van der Waals surface area contributed by atoms with Crippen molar-refractivity contribution in [3.8, 4) is 5.69 Å². The first-order valence-corrected chi connectivity index (χ1v) is 13.5. The number of ether oxygens (including phenoxy) is 1. The Morgan fingerprint density at radius 1 is 1.08 bits per heavy atom. The van der Waals surface area contributed by atoms with Gasteiger partial charge in [-0.15, -0.1) is 0 Å². The number of fused-ring (bicyclic) bond motifs is 1. The molecule has 1 aliphatic heterocycles. The zero-order valence-corrected chi connectivity index (χ0v) is 21.8. The molecule has 1 aromatic heterocycles. The second-order valence-electron chi connectivity index (χ2n) is 8.91. The van der Waals surface area contributed by atoms with Crippen LogP contribution < -0.4 is 5.32 Å². The van der Waals surface area contributed by atoms with E-state index in [0.29, 0.717) is 10.7 Å². The van der Waals surface area contributed by atoms with Crippen molar-refractivity contribution in [2.75, 3.05) is 43.9 Å². The molecule has 1 fully saturated rings. The number of benzene rings is 3. The summed E-state index contributed by atoms with van der Waals surface area (Å²) in [5.41, 5.74) is 5.92. The van der Waals surface area contributed by atoms with E-state index in [2.05, 4.69) is 45.1 Å². The van der Waals surface area contributed by atoms with E-state index in [0.717, 1.165) is 66.7 Å². The number of nitrogens with one attached hydrogen (secondary N) is 1. The highest BCUT2D eigenvalue weighted by Gasteiger charge is 2.16. The van der Waals surface area contributed by atoms with E-state index >= 15 is 0 Å². The van der Waals surface area contributed by atoms with Gasteiger partial charge >= 0.3 is 0 Å². The van der Waals surface area contributed by atoms with Gasteiger partial charge in [-0.2, -0.15) is 0 Å². The summed E-state index contributed by atoms with van der Waals surface area (Å²) in [5.74, 6) is 0.105. The van der Waals surface area contributed by atoms with Crippen LogP contribution in [0.2, 0.25) is 5.02 Å². The second-order valence-corrected chi connectivity index (χ2v) is 10.3. The van der Waals surface area contributed by atoms with E-state index in [1.807, 2.05) is 43.3 Å². The van der Waals surface area contributed by atoms with E-state index in [1.54, 1.807) is 0 Å². The lowest BCUT2D eigenvalue weighted by Gasteiger charge is -2.26. The molecule has 0 aliphatic carbocycles. The summed E-state index contributed by atoms with van der Waals surface area (Å²) >= 11 is 7.70. The number of para-hydroxylation sites is 2. The summed E-state index contributed by atoms with van der Waals surface area (Å²) in [4.78, 5) is 20.0. The summed E-state index contributed by atoms with van der Waals surface area (Å²) in [5, 5.41) is 4.23. The quantitative estimate of drug-likeness (QED) is 0.307. The molecule has 0 unspecified atom stereocenters. The third kappa shape index (κ3) is 5.93. The smallest absolute Gasteiger partial charge is 0.234 e. The maximum absolute atomic E-state index is 12.7. The van der Waals surface area contributed by atoms with Crippen LogP contribution in [0.3, 0.4) is 0 Å². The summed E-state index contributed by atoms with van der Waals surface area (Å²) in [6.45, 7) is 6.66. The van der Waals surface area contributed by atoms with Gasteiger partial charge < -0.3 is 10.1 Å². The first-order valence-electron chi connectivity index (χ1n) is 12.1. The average Bonchev–Trinajstić information content (AvgIpc) is 3.27. The molecule has 1 aliphatic rings. The Kier molecular flexibility index (Phi) is 7.92. The number of halogens is 1. The second kappa shape index (κ2) is 11.5. The normalized spacial score (nSPS) is 14.3. The van der Waals surface area contributed by atoms with Gasteiger partial charge in [0.25, 0.3) is 0 Å². The Labute approximate surface area is 220 Å². The molecular weight excluding hydrogens is 492 g/mol. The largest absolute Gasteiger partial charge is 0.379 e. The van der Waals surface area contributed by atoms with Crippen molar-refractivity contribution < 1.29 is 9.53 Å². The van der Waals surface area contributed by atoms with Crippen LogP contribution >= 0.6 is 23.4 Å². The van der Waals surface area contributed by atoms with Gasteiger partial charge in [-0.3, -0.25) is 14.3 Å². The number of anilines is 1. The number of carbonyl (C=O) groups excluding carboxylic acids is 1. The molecule has 0 spiro atoms. The zero-order chi connectivity index (χ0) is 24.9. The number of rotatable bonds is 8. The molecule has 0 atom stereocenters. The lowest BCUT2D eigenvalue weighted by molar-refractivity contribution is -0.113. The number of aromatic nitrogens is 2. The highest BCUT2D eigenvalue weighted by Crippen LogP contribution is 2.29. The van der Waals surface area contributed by atoms with Crippen molar-refractivity contribution in [2.45, 2.75) is 18.5 Å². The lowest BCUT2D eigenvalue weighted by atomic mass is 10.1. The molecule has 1 saturated heterocycles. The van der Waals surface area contributed by atoms with Crippen LogP contribution in [0.5, 0.6) is 0 Å². The molecule has 1 amide bonds. The van der Waals surface area contributed by atoms with Crippen molar-refractivity contribution in [3.63, 3.8) is 0 Å². The van der Waals surface area contributed by atoms with Gasteiger partial charge in [0.2, 0.25) is 5.91 Å². The van der Waals surface area contributed by atoms with Crippen LogP contribution in [-0.4, -0.2) is 59.0 Å². The summed E-state index contributed by atoms with van der Waals surface area (Å²) in [6, 6.07) is 22.3. The maximum atomic E-state index is 12.7. The van der Waals surface area contributed by atoms with Gasteiger partial charge in [0.15, 0.2) is 5.16 Å². The Morgan fingerprint density at radius 3 is 2.64 bits per heavy atom. The fourth-order valence-electron chi connectivity index (χ4n) is 4.31. The molecule has 0 radical (unpaired) electrons. The zero-order valence-electron chi connectivity index (χ0n) is 20.2. The number of morpholine rings is 1. The Hall–Kier alpha value is -2.84. The molecule has 4 aromatic rings. The number of thioether (sulfide) groups is 1. The topological polar surface area (TPSA) is 59.4 Å². The number of carbonyl (C=O) groups is 1. The molecule has 1 N–H and O–H groups in total. The summed E-state index contributed by atoms with van der Waals surface area (Å²) in [7, 11) is 0. The predicted octanol–water partition coefficient (Wildman–Crippen LogP) is 5.59. The van der Waals surface area contributed by atoms with Gasteiger partial charge in [0.1, 0.15) is 0 Å². The number of imidazole rings is 1. The number of aryl methyl sites for hydroxylation is 1. The van der Waals surface area contributed by atoms with Crippen LogP contribution in [0, 0.1) is 6.92 Å². The fraction of sp³-hybridized carbons (Fsp3) is 0.286. The SMILES string of the molecule is Cc1ccc(NC(=O)CSc2nc3ccccc3n2-c2ccc(CCN3CCOCC3)cc2)c(Cl)c1. The first kappa shape index (κ1) is 24.8. The minimum atomic E-state index is -0.122. The monoisotopic (exact) mass is 520 g/mol. The summed E-state index contributed by atoms with van der Waals surface area (Å²) in [6.07, 6.45) is 1.01. The standard InChI is InChI=1S/C28H29ClN4O2S/c1-20-6-11-24(23(29)18-20)30-27(34)19-36-28-31-25-4-2-3-5-26(25)33(28)22-9-7-21(8-10-22)12-13-32-14-16-35-17-15-32/h2-11,18H,12-17,19H2,1H3,(H,30,34). The lowest BCUT2D eigenvalue weighted by Crippen LogP contribution is -2.37. The van der Waals surface area contributed by atoms with E-state index in [4.69, 9.17) is 21.3 Å². The van der Waals surface area contributed by atoms with Gasteiger partial charge in [0, 0.05) is 25.3 Å². The molecule has 5 rings (SSSR count). The van der Waals surface area contributed by atoms with Gasteiger partial charge in [-0.1, -0.05) is 53.7 Å². The van der Waals surface area contributed by atoms with Crippen molar-refractivity contribution in [1.29, 1.82) is 0 Å². The van der Waals surface area contributed by atoms with Crippen molar-refractivity contribution in [2.24, 2.45) is 0 Å². The number of nitrogens with zero attached hydrogens (tertiary/aromatic N) is 3. The van der Waals surface area contributed by atoms with Crippen LogP contribution in [0.1, 0.15) is 11.1 Å². The van der Waals surface area contributed by atoms with E-state index in [9.17, 15) is 4.79 Å². The highest BCUT2D eigenvalue weighted by atomic mass is 35.5.